The number of hydrogen-bond acceptors (Lipinski definition) is 4. The Morgan fingerprint density at radius 2 is 2.20 bits per heavy atom. The second kappa shape index (κ2) is 8.12. The average molecular weight is 300 g/mol. The summed E-state index contributed by atoms with van der Waals surface area (Å²) in [5.74, 6) is 0.956. The molecule has 0 radical (unpaired) electrons. The lowest BCUT2D eigenvalue weighted by Crippen LogP contribution is -2.22. The summed E-state index contributed by atoms with van der Waals surface area (Å²) < 4.78 is 10.3. The third kappa shape index (κ3) is 4.39. The van der Waals surface area contributed by atoms with E-state index in [2.05, 4.69) is 6.07 Å². The Balaban J connectivity index is 0.00000200. The Morgan fingerprint density at radius 1 is 1.40 bits per heavy atom. The third-order valence-electron chi connectivity index (χ3n) is 3.50. The van der Waals surface area contributed by atoms with Crippen molar-refractivity contribution in [3.05, 3.63) is 29.3 Å². The molecular weight excluding hydrogens is 278 g/mol. The molecule has 0 aliphatic heterocycles. The van der Waals surface area contributed by atoms with Crippen LogP contribution >= 0.6 is 12.4 Å². The molecule has 5 heteroatoms. The van der Waals surface area contributed by atoms with Gasteiger partial charge in [-0.2, -0.15) is 0 Å². The number of ether oxygens (including phenoxy) is 2. The van der Waals surface area contributed by atoms with E-state index in [1.807, 2.05) is 12.1 Å². The van der Waals surface area contributed by atoms with Gasteiger partial charge < -0.3 is 15.2 Å². The van der Waals surface area contributed by atoms with Crippen molar-refractivity contribution in [2.45, 2.75) is 26.2 Å². The Morgan fingerprint density at radius 3 is 2.90 bits per heavy atom. The van der Waals surface area contributed by atoms with E-state index in [4.69, 9.17) is 15.2 Å². The first-order chi connectivity index (χ1) is 9.22. The number of halogens is 1. The van der Waals surface area contributed by atoms with Gasteiger partial charge in [0.05, 0.1) is 6.61 Å². The largest absolute Gasteiger partial charge is 0.482 e. The molecule has 1 atom stereocenters. The molecule has 0 fully saturated rings. The molecule has 112 valence electrons. The number of carbonyl (C=O) groups excluding carboxylic acids is 1. The summed E-state index contributed by atoms with van der Waals surface area (Å²) in [6.45, 7) is 2.86. The van der Waals surface area contributed by atoms with Crippen LogP contribution in [0, 0.1) is 5.92 Å². The van der Waals surface area contributed by atoms with Crippen molar-refractivity contribution in [1.82, 2.24) is 0 Å². The van der Waals surface area contributed by atoms with Gasteiger partial charge in [0.2, 0.25) is 0 Å². The van der Waals surface area contributed by atoms with Crippen LogP contribution in [-0.4, -0.2) is 25.7 Å². The van der Waals surface area contributed by atoms with Crippen LogP contribution < -0.4 is 10.5 Å². The van der Waals surface area contributed by atoms with Crippen LogP contribution in [0.2, 0.25) is 0 Å². The highest BCUT2D eigenvalue weighted by Gasteiger charge is 2.18. The van der Waals surface area contributed by atoms with Gasteiger partial charge in [0.15, 0.2) is 6.61 Å². The molecular formula is C15H22ClNO3. The fourth-order valence-corrected chi connectivity index (χ4v) is 2.44. The lowest BCUT2D eigenvalue weighted by Gasteiger charge is -2.23. The molecule has 1 aromatic rings. The smallest absolute Gasteiger partial charge is 0.344 e. The summed E-state index contributed by atoms with van der Waals surface area (Å²) in [4.78, 5) is 11.2. The fraction of sp³-hybridized carbons (Fsp3) is 0.533. The Bertz CT molecular complexity index is 451. The van der Waals surface area contributed by atoms with Crippen LogP contribution in [0.15, 0.2) is 18.2 Å². The number of benzene rings is 1. The molecule has 1 aliphatic carbocycles. The van der Waals surface area contributed by atoms with Crippen molar-refractivity contribution in [1.29, 1.82) is 0 Å². The van der Waals surface area contributed by atoms with Gasteiger partial charge >= 0.3 is 5.97 Å². The Kier molecular flexibility index (Phi) is 6.82. The lowest BCUT2D eigenvalue weighted by molar-refractivity contribution is -0.145. The van der Waals surface area contributed by atoms with Crippen LogP contribution in [0.5, 0.6) is 5.75 Å². The highest BCUT2D eigenvalue weighted by Crippen LogP contribution is 2.28. The molecule has 0 aromatic heterocycles. The maximum Gasteiger partial charge on any atom is 0.344 e. The molecule has 2 rings (SSSR count). The summed E-state index contributed by atoms with van der Waals surface area (Å²) in [6.07, 6.45) is 3.24. The van der Waals surface area contributed by atoms with Gasteiger partial charge in [-0.25, -0.2) is 4.79 Å². The number of hydrogen-bond donors (Lipinski definition) is 1. The molecule has 1 aliphatic rings. The van der Waals surface area contributed by atoms with Crippen molar-refractivity contribution in [2.75, 3.05) is 19.8 Å². The first-order valence-electron chi connectivity index (χ1n) is 6.83. The minimum atomic E-state index is -0.333. The third-order valence-corrected chi connectivity index (χ3v) is 3.50. The van der Waals surface area contributed by atoms with E-state index in [9.17, 15) is 4.79 Å². The number of nitrogens with two attached hydrogens (primary N) is 1. The molecule has 0 unspecified atom stereocenters. The molecule has 0 heterocycles. The van der Waals surface area contributed by atoms with E-state index in [0.29, 0.717) is 12.5 Å². The topological polar surface area (TPSA) is 61.5 Å². The highest BCUT2D eigenvalue weighted by atomic mass is 35.5. The Hall–Kier alpha value is -1.26. The van der Waals surface area contributed by atoms with Gasteiger partial charge in [0.25, 0.3) is 0 Å². The highest BCUT2D eigenvalue weighted by molar-refractivity contribution is 5.85. The van der Waals surface area contributed by atoms with Gasteiger partial charge in [-0.3, -0.25) is 0 Å². The van der Waals surface area contributed by atoms with Gasteiger partial charge in [0.1, 0.15) is 5.75 Å². The van der Waals surface area contributed by atoms with E-state index in [1.165, 1.54) is 11.1 Å². The van der Waals surface area contributed by atoms with Gasteiger partial charge in [0, 0.05) is 0 Å². The monoisotopic (exact) mass is 299 g/mol. The summed E-state index contributed by atoms with van der Waals surface area (Å²) >= 11 is 0. The molecule has 20 heavy (non-hydrogen) atoms. The van der Waals surface area contributed by atoms with Crippen molar-refractivity contribution in [3.63, 3.8) is 0 Å². The molecule has 0 saturated heterocycles. The number of aryl methyl sites for hydroxylation is 1. The van der Waals surface area contributed by atoms with Gasteiger partial charge in [-0.1, -0.05) is 6.07 Å². The van der Waals surface area contributed by atoms with Crippen LogP contribution in [0.25, 0.3) is 0 Å². The summed E-state index contributed by atoms with van der Waals surface area (Å²) in [7, 11) is 0. The lowest BCUT2D eigenvalue weighted by atomic mass is 9.84. The van der Waals surface area contributed by atoms with E-state index in [1.54, 1.807) is 6.92 Å². The quantitative estimate of drug-likeness (QED) is 0.846. The second-order valence-electron chi connectivity index (χ2n) is 4.87. The van der Waals surface area contributed by atoms with Gasteiger partial charge in [-0.15, -0.1) is 12.4 Å². The molecule has 0 amide bonds. The fourth-order valence-electron chi connectivity index (χ4n) is 2.44. The molecule has 2 N–H and O–H groups in total. The van der Waals surface area contributed by atoms with Gasteiger partial charge in [-0.05, 0) is 61.9 Å². The normalized spacial score (nSPS) is 16.8. The van der Waals surface area contributed by atoms with Crippen molar-refractivity contribution in [3.8, 4) is 5.75 Å². The zero-order chi connectivity index (χ0) is 13.7. The van der Waals surface area contributed by atoms with Crippen LogP contribution in [-0.2, 0) is 22.4 Å². The van der Waals surface area contributed by atoms with E-state index >= 15 is 0 Å². The first-order valence-corrected chi connectivity index (χ1v) is 6.83. The second-order valence-corrected chi connectivity index (χ2v) is 4.87. The van der Waals surface area contributed by atoms with Crippen molar-refractivity contribution in [2.24, 2.45) is 11.7 Å². The predicted molar refractivity (Wildman–Crippen MR) is 80.4 cm³/mol. The molecule has 1 aromatic carbocycles. The number of carbonyl (C=O) groups is 1. The number of esters is 1. The van der Waals surface area contributed by atoms with Crippen molar-refractivity contribution >= 4 is 18.4 Å². The molecule has 4 nitrogen and oxygen atoms in total. The minimum absolute atomic E-state index is 0. The van der Waals surface area contributed by atoms with Crippen molar-refractivity contribution < 1.29 is 14.3 Å². The number of fused-ring (bicyclic) bond motifs is 1. The average Bonchev–Trinajstić information content (AvgIpc) is 2.44. The summed E-state index contributed by atoms with van der Waals surface area (Å²) in [5, 5.41) is 0. The van der Waals surface area contributed by atoms with E-state index in [0.717, 1.165) is 31.6 Å². The maximum absolute atomic E-state index is 11.2. The van der Waals surface area contributed by atoms with Crippen LogP contribution in [0.1, 0.15) is 24.5 Å². The standard InChI is InChI=1S/C15H21NO3.ClH/c1-2-18-15(17)10-19-14-6-5-12-4-3-11(9-16)7-13(12)8-14;/h5-6,8,11H,2-4,7,9-10,16H2,1H3;1H/t11-;/m0./s1. The summed E-state index contributed by atoms with van der Waals surface area (Å²) in [6, 6.07) is 6.03. The number of rotatable bonds is 5. The van der Waals surface area contributed by atoms with Crippen LogP contribution in [0.4, 0.5) is 0 Å². The molecule has 0 saturated carbocycles. The van der Waals surface area contributed by atoms with E-state index < -0.39 is 0 Å². The zero-order valence-electron chi connectivity index (χ0n) is 11.8. The molecule has 0 bridgehead atoms. The predicted octanol–water partition coefficient (Wildman–Crippen LogP) is 2.11. The minimum Gasteiger partial charge on any atom is -0.482 e. The maximum atomic E-state index is 11.2. The Labute approximate surface area is 126 Å². The van der Waals surface area contributed by atoms with Crippen LogP contribution in [0.3, 0.4) is 0 Å². The summed E-state index contributed by atoms with van der Waals surface area (Å²) in [5.41, 5.74) is 8.40. The van der Waals surface area contributed by atoms with E-state index in [-0.39, 0.29) is 25.0 Å². The first kappa shape index (κ1) is 16.8. The zero-order valence-corrected chi connectivity index (χ0v) is 12.6. The molecule has 0 spiro atoms. The SMILES string of the molecule is CCOC(=O)COc1ccc2c(c1)C[C@@H](CN)CC2.Cl.